The zero-order valence-corrected chi connectivity index (χ0v) is 16.3. The number of hydrogen-bond acceptors (Lipinski definition) is 3. The van der Waals surface area contributed by atoms with Crippen LogP contribution in [0.4, 0.5) is 4.79 Å². The van der Waals surface area contributed by atoms with Crippen LogP contribution in [0, 0.1) is 6.92 Å². The van der Waals surface area contributed by atoms with E-state index in [1.165, 1.54) is 11.1 Å². The van der Waals surface area contributed by atoms with Crippen molar-refractivity contribution in [2.45, 2.75) is 26.9 Å². The number of carbonyl (C=O) groups is 1. The van der Waals surface area contributed by atoms with E-state index >= 15 is 0 Å². The molecule has 144 valence electrons. The fraction of sp³-hybridized carbons (Fsp3) is 0.409. The first-order valence-electron chi connectivity index (χ1n) is 9.66. The first kappa shape index (κ1) is 19.2. The number of ether oxygens (including phenoxy) is 1. The van der Waals surface area contributed by atoms with Crippen LogP contribution < -0.4 is 10.1 Å². The van der Waals surface area contributed by atoms with Gasteiger partial charge in [-0.2, -0.15) is 0 Å². The van der Waals surface area contributed by atoms with Crippen LogP contribution in [-0.2, 0) is 13.1 Å². The number of carbonyl (C=O) groups excluding carboxylic acids is 1. The monoisotopic (exact) mass is 367 g/mol. The molecule has 2 aromatic rings. The van der Waals surface area contributed by atoms with Crippen LogP contribution in [0.3, 0.4) is 0 Å². The van der Waals surface area contributed by atoms with E-state index in [1.54, 1.807) is 0 Å². The second-order valence-corrected chi connectivity index (χ2v) is 6.99. The third-order valence-corrected chi connectivity index (χ3v) is 4.80. The van der Waals surface area contributed by atoms with E-state index < -0.39 is 0 Å². The van der Waals surface area contributed by atoms with Gasteiger partial charge in [0.05, 0.1) is 6.61 Å². The smallest absolute Gasteiger partial charge is 0.317 e. The van der Waals surface area contributed by atoms with Crippen molar-refractivity contribution in [1.29, 1.82) is 0 Å². The van der Waals surface area contributed by atoms with Crippen LogP contribution in [0.15, 0.2) is 48.5 Å². The molecule has 1 saturated heterocycles. The summed E-state index contributed by atoms with van der Waals surface area (Å²) < 4.78 is 5.51. The third kappa shape index (κ3) is 5.73. The lowest BCUT2D eigenvalue weighted by Gasteiger charge is -2.34. The van der Waals surface area contributed by atoms with E-state index in [0.29, 0.717) is 13.2 Å². The summed E-state index contributed by atoms with van der Waals surface area (Å²) in [6.07, 6.45) is 0. The van der Waals surface area contributed by atoms with Crippen LogP contribution >= 0.6 is 0 Å². The molecule has 27 heavy (non-hydrogen) atoms. The van der Waals surface area contributed by atoms with Gasteiger partial charge in [0.2, 0.25) is 0 Å². The second kappa shape index (κ2) is 9.42. The molecular weight excluding hydrogens is 338 g/mol. The number of urea groups is 1. The molecule has 0 aromatic heterocycles. The minimum absolute atomic E-state index is 0.00650. The van der Waals surface area contributed by atoms with Crippen molar-refractivity contribution >= 4 is 6.03 Å². The first-order valence-corrected chi connectivity index (χ1v) is 9.66. The van der Waals surface area contributed by atoms with Crippen LogP contribution in [0.25, 0.3) is 0 Å². The molecule has 0 aliphatic carbocycles. The van der Waals surface area contributed by atoms with Gasteiger partial charge in [0.1, 0.15) is 5.75 Å². The van der Waals surface area contributed by atoms with E-state index in [2.05, 4.69) is 41.4 Å². The number of benzene rings is 2. The van der Waals surface area contributed by atoms with Gasteiger partial charge in [-0.15, -0.1) is 0 Å². The van der Waals surface area contributed by atoms with Crippen molar-refractivity contribution in [1.82, 2.24) is 15.1 Å². The van der Waals surface area contributed by atoms with E-state index in [4.69, 9.17) is 4.74 Å². The van der Waals surface area contributed by atoms with Crippen molar-refractivity contribution in [3.05, 3.63) is 65.2 Å². The molecular formula is C22H29N3O2. The number of aryl methyl sites for hydroxylation is 1. The third-order valence-electron chi connectivity index (χ3n) is 4.80. The molecule has 5 heteroatoms. The summed E-state index contributed by atoms with van der Waals surface area (Å²) in [7, 11) is 0. The molecule has 1 aliphatic rings. The van der Waals surface area contributed by atoms with Gasteiger partial charge in [-0.05, 0) is 37.1 Å². The lowest BCUT2D eigenvalue weighted by Crippen LogP contribution is -2.51. The summed E-state index contributed by atoms with van der Waals surface area (Å²) in [6.45, 7) is 9.52. The summed E-state index contributed by atoms with van der Waals surface area (Å²) in [5.74, 6) is 0.842. The van der Waals surface area contributed by atoms with Gasteiger partial charge in [0.25, 0.3) is 0 Å². The molecule has 1 aliphatic heterocycles. The molecule has 5 nitrogen and oxygen atoms in total. The largest absolute Gasteiger partial charge is 0.494 e. The zero-order chi connectivity index (χ0) is 19.1. The Balaban J connectivity index is 1.44. The fourth-order valence-electron chi connectivity index (χ4n) is 3.38. The van der Waals surface area contributed by atoms with Gasteiger partial charge in [0, 0.05) is 39.3 Å². The number of piperazine rings is 1. The maximum Gasteiger partial charge on any atom is 0.317 e. The second-order valence-electron chi connectivity index (χ2n) is 6.99. The standard InChI is InChI=1S/C22H29N3O2/c1-3-27-21-9-5-7-19(15-21)16-23-22(26)25-12-10-24(11-13-25)17-20-8-4-6-18(2)14-20/h4-9,14-15H,3,10-13,16-17H2,1-2H3,(H,23,26). The summed E-state index contributed by atoms with van der Waals surface area (Å²) in [5, 5.41) is 3.02. The van der Waals surface area contributed by atoms with Gasteiger partial charge >= 0.3 is 6.03 Å². The van der Waals surface area contributed by atoms with Crippen molar-refractivity contribution < 1.29 is 9.53 Å². The minimum atomic E-state index is 0.00650. The lowest BCUT2D eigenvalue weighted by molar-refractivity contribution is 0.135. The summed E-state index contributed by atoms with van der Waals surface area (Å²) in [6, 6.07) is 16.5. The highest BCUT2D eigenvalue weighted by Gasteiger charge is 2.20. The maximum atomic E-state index is 12.5. The normalized spacial score (nSPS) is 14.8. The van der Waals surface area contributed by atoms with Crippen LogP contribution in [0.1, 0.15) is 23.6 Å². The molecule has 1 fully saturated rings. The Morgan fingerprint density at radius 3 is 2.52 bits per heavy atom. The van der Waals surface area contributed by atoms with Crippen molar-refractivity contribution in [3.63, 3.8) is 0 Å². The summed E-state index contributed by atoms with van der Waals surface area (Å²) in [4.78, 5) is 16.8. The van der Waals surface area contributed by atoms with Crippen LogP contribution in [-0.4, -0.2) is 48.6 Å². The number of nitrogens with zero attached hydrogens (tertiary/aromatic N) is 2. The molecule has 1 heterocycles. The first-order chi connectivity index (χ1) is 13.1. The topological polar surface area (TPSA) is 44.8 Å². The Hall–Kier alpha value is -2.53. The van der Waals surface area contributed by atoms with Gasteiger partial charge in [-0.1, -0.05) is 42.0 Å². The highest BCUT2D eigenvalue weighted by atomic mass is 16.5. The molecule has 3 rings (SSSR count). The van der Waals surface area contributed by atoms with E-state index in [9.17, 15) is 4.79 Å². The molecule has 0 spiro atoms. The van der Waals surface area contributed by atoms with E-state index in [0.717, 1.165) is 44.0 Å². The Kier molecular flexibility index (Phi) is 6.71. The zero-order valence-electron chi connectivity index (χ0n) is 16.3. The van der Waals surface area contributed by atoms with Gasteiger partial charge in [-0.25, -0.2) is 4.79 Å². The van der Waals surface area contributed by atoms with Gasteiger partial charge in [0.15, 0.2) is 0 Å². The predicted molar refractivity (Wildman–Crippen MR) is 108 cm³/mol. The number of amides is 2. The van der Waals surface area contributed by atoms with E-state index in [1.807, 2.05) is 36.1 Å². The molecule has 0 radical (unpaired) electrons. The average Bonchev–Trinajstić information content (AvgIpc) is 2.67. The Morgan fingerprint density at radius 2 is 1.78 bits per heavy atom. The van der Waals surface area contributed by atoms with Gasteiger partial charge < -0.3 is 15.0 Å². The van der Waals surface area contributed by atoms with Crippen molar-refractivity contribution in [3.8, 4) is 5.75 Å². The molecule has 0 saturated carbocycles. The number of nitrogens with one attached hydrogen (secondary N) is 1. The average molecular weight is 367 g/mol. The Labute approximate surface area is 161 Å². The Morgan fingerprint density at radius 1 is 1.04 bits per heavy atom. The quantitative estimate of drug-likeness (QED) is 0.851. The summed E-state index contributed by atoms with van der Waals surface area (Å²) in [5.41, 5.74) is 3.67. The Bertz CT molecular complexity index is 755. The van der Waals surface area contributed by atoms with Crippen molar-refractivity contribution in [2.24, 2.45) is 0 Å². The highest BCUT2D eigenvalue weighted by molar-refractivity contribution is 5.74. The molecule has 1 N–H and O–H groups in total. The molecule has 0 bridgehead atoms. The molecule has 0 unspecified atom stereocenters. The van der Waals surface area contributed by atoms with Crippen LogP contribution in [0.2, 0.25) is 0 Å². The molecule has 0 atom stereocenters. The van der Waals surface area contributed by atoms with Crippen molar-refractivity contribution in [2.75, 3.05) is 32.8 Å². The van der Waals surface area contributed by atoms with E-state index in [-0.39, 0.29) is 6.03 Å². The highest BCUT2D eigenvalue weighted by Crippen LogP contribution is 2.14. The number of hydrogen-bond donors (Lipinski definition) is 1. The molecule has 2 aromatic carbocycles. The number of rotatable bonds is 6. The van der Waals surface area contributed by atoms with Gasteiger partial charge in [-0.3, -0.25) is 4.90 Å². The predicted octanol–water partition coefficient (Wildman–Crippen LogP) is 3.42. The summed E-state index contributed by atoms with van der Waals surface area (Å²) >= 11 is 0. The maximum absolute atomic E-state index is 12.5. The fourth-order valence-corrected chi connectivity index (χ4v) is 3.38. The van der Waals surface area contributed by atoms with Crippen LogP contribution in [0.5, 0.6) is 5.75 Å². The molecule has 2 amide bonds. The SMILES string of the molecule is CCOc1cccc(CNC(=O)N2CCN(Cc3cccc(C)c3)CC2)c1. The lowest BCUT2D eigenvalue weighted by atomic mass is 10.1. The minimum Gasteiger partial charge on any atom is -0.494 e.